The highest BCUT2D eigenvalue weighted by Crippen LogP contribution is 2.37. The molecule has 3 unspecified atom stereocenters. The molecule has 0 radical (unpaired) electrons. The van der Waals surface area contributed by atoms with Crippen LogP contribution < -0.4 is 5.32 Å². The predicted octanol–water partition coefficient (Wildman–Crippen LogP) is 0.547. The molecule has 2 aliphatic heterocycles. The van der Waals surface area contributed by atoms with Crippen molar-refractivity contribution in [1.29, 1.82) is 0 Å². The van der Waals surface area contributed by atoms with E-state index in [2.05, 4.69) is 5.32 Å². The van der Waals surface area contributed by atoms with E-state index in [1.807, 2.05) is 0 Å². The lowest BCUT2D eigenvalue weighted by molar-refractivity contribution is -0.139. The van der Waals surface area contributed by atoms with Gasteiger partial charge in [-0.3, -0.25) is 0 Å². The highest BCUT2D eigenvalue weighted by atomic mass is 16.4. The highest BCUT2D eigenvalue weighted by Gasteiger charge is 2.45. The average Bonchev–Trinajstić information content (AvgIpc) is 3.12. The van der Waals surface area contributed by atoms with E-state index < -0.39 is 12.0 Å². The van der Waals surface area contributed by atoms with Crippen molar-refractivity contribution in [2.45, 2.75) is 62.8 Å². The number of aliphatic hydroxyl groups is 1. The molecule has 0 aromatic carbocycles. The summed E-state index contributed by atoms with van der Waals surface area (Å²) in [6, 6.07) is -0.873. The number of hydrogen-bond donors (Lipinski definition) is 3. The number of amides is 2. The Balaban J connectivity index is 1.65. The minimum Gasteiger partial charge on any atom is -0.480 e. The zero-order valence-corrected chi connectivity index (χ0v) is 10.8. The first-order chi connectivity index (χ1) is 9.06. The molecule has 3 aliphatic rings. The third-order valence-corrected chi connectivity index (χ3v) is 4.58. The van der Waals surface area contributed by atoms with E-state index in [4.69, 9.17) is 5.11 Å². The van der Waals surface area contributed by atoms with Crippen molar-refractivity contribution in [2.75, 3.05) is 0 Å². The smallest absolute Gasteiger partial charge is 0.326 e. The summed E-state index contributed by atoms with van der Waals surface area (Å²) in [6.07, 6.45) is 4.49. The molecule has 19 heavy (non-hydrogen) atoms. The van der Waals surface area contributed by atoms with E-state index in [9.17, 15) is 14.7 Å². The minimum atomic E-state index is -0.944. The zero-order chi connectivity index (χ0) is 13.6. The predicted molar refractivity (Wildman–Crippen MR) is 66.6 cm³/mol. The second kappa shape index (κ2) is 4.67. The first kappa shape index (κ1) is 12.7. The molecule has 3 rings (SSSR count). The van der Waals surface area contributed by atoms with Crippen molar-refractivity contribution in [3.05, 3.63) is 0 Å². The molecule has 3 N–H and O–H groups in total. The first-order valence-corrected chi connectivity index (χ1v) is 7.06. The molecule has 1 saturated carbocycles. The monoisotopic (exact) mass is 268 g/mol. The van der Waals surface area contributed by atoms with Gasteiger partial charge in [0.2, 0.25) is 0 Å². The highest BCUT2D eigenvalue weighted by molar-refractivity contribution is 5.83. The molecule has 2 bridgehead atoms. The number of aliphatic hydroxyl groups excluding tert-OH is 1. The number of carboxylic acids is 1. The second-order valence-electron chi connectivity index (χ2n) is 6.02. The molecule has 2 amide bonds. The Labute approximate surface area is 111 Å². The van der Waals surface area contributed by atoms with E-state index in [0.29, 0.717) is 12.8 Å². The van der Waals surface area contributed by atoms with Crippen LogP contribution in [-0.2, 0) is 4.79 Å². The largest absolute Gasteiger partial charge is 0.480 e. The number of carbonyl (C=O) groups is 2. The Bertz CT molecular complexity index is 382. The van der Waals surface area contributed by atoms with Gasteiger partial charge in [-0.15, -0.1) is 0 Å². The summed E-state index contributed by atoms with van der Waals surface area (Å²) in [5, 5.41) is 21.5. The third-order valence-electron chi connectivity index (χ3n) is 4.58. The van der Waals surface area contributed by atoms with Gasteiger partial charge in [-0.25, -0.2) is 9.59 Å². The fourth-order valence-electron chi connectivity index (χ4n) is 3.50. The molecular weight excluding hydrogens is 248 g/mol. The number of rotatable bonds is 3. The Morgan fingerprint density at radius 3 is 2.16 bits per heavy atom. The quantitative estimate of drug-likeness (QED) is 0.697. The van der Waals surface area contributed by atoms with Crippen LogP contribution in [0.4, 0.5) is 4.79 Å². The van der Waals surface area contributed by atoms with Crippen molar-refractivity contribution in [3.63, 3.8) is 0 Å². The van der Waals surface area contributed by atoms with Crippen LogP contribution in [0.15, 0.2) is 0 Å². The summed E-state index contributed by atoms with van der Waals surface area (Å²) < 4.78 is 0. The number of urea groups is 1. The van der Waals surface area contributed by atoms with Gasteiger partial charge in [-0.05, 0) is 44.4 Å². The van der Waals surface area contributed by atoms with Gasteiger partial charge < -0.3 is 20.4 Å². The molecule has 106 valence electrons. The number of piperidine rings is 1. The van der Waals surface area contributed by atoms with Crippen molar-refractivity contribution in [1.82, 2.24) is 10.2 Å². The summed E-state index contributed by atoms with van der Waals surface area (Å²) in [4.78, 5) is 25.2. The molecule has 3 atom stereocenters. The molecule has 3 fully saturated rings. The van der Waals surface area contributed by atoms with Crippen LogP contribution in [0.3, 0.4) is 0 Å². The molecule has 2 saturated heterocycles. The van der Waals surface area contributed by atoms with E-state index in [1.54, 1.807) is 4.90 Å². The number of fused-ring (bicyclic) bond motifs is 2. The van der Waals surface area contributed by atoms with Gasteiger partial charge in [-0.2, -0.15) is 0 Å². The van der Waals surface area contributed by atoms with Crippen LogP contribution in [0.1, 0.15) is 38.5 Å². The van der Waals surface area contributed by atoms with Gasteiger partial charge in [0.15, 0.2) is 0 Å². The van der Waals surface area contributed by atoms with E-state index in [-0.39, 0.29) is 30.1 Å². The van der Waals surface area contributed by atoms with Crippen LogP contribution in [-0.4, -0.2) is 51.3 Å². The zero-order valence-electron chi connectivity index (χ0n) is 10.8. The Morgan fingerprint density at radius 2 is 1.68 bits per heavy atom. The van der Waals surface area contributed by atoms with Crippen molar-refractivity contribution >= 4 is 12.0 Å². The number of nitrogens with zero attached hydrogens (tertiary/aromatic N) is 1. The van der Waals surface area contributed by atoms with Gasteiger partial charge >= 0.3 is 12.0 Å². The maximum atomic E-state index is 12.3. The SMILES string of the molecule is O=C(O)C(NC(=O)N1C2CCC1CC(O)C2)C1CC1. The Hall–Kier alpha value is -1.30. The molecule has 0 aromatic rings. The fraction of sp³-hybridized carbons (Fsp3) is 0.846. The summed E-state index contributed by atoms with van der Waals surface area (Å²) in [5.74, 6) is -0.852. The number of aliphatic carboxylic acids is 1. The Kier molecular flexibility index (Phi) is 3.12. The van der Waals surface area contributed by atoms with Gasteiger partial charge in [0.1, 0.15) is 6.04 Å². The van der Waals surface area contributed by atoms with Gasteiger partial charge in [0.25, 0.3) is 0 Å². The molecule has 2 heterocycles. The second-order valence-corrected chi connectivity index (χ2v) is 6.02. The van der Waals surface area contributed by atoms with Crippen molar-refractivity contribution < 1.29 is 19.8 Å². The lowest BCUT2D eigenvalue weighted by Crippen LogP contribution is -2.55. The third kappa shape index (κ3) is 2.41. The Morgan fingerprint density at radius 1 is 1.11 bits per heavy atom. The standard InChI is InChI=1S/C13H20N2O4/c16-10-5-8-3-4-9(6-10)15(8)13(19)14-11(12(17)18)7-1-2-7/h7-11,16H,1-6H2,(H,14,19)(H,17,18). The molecule has 6 heteroatoms. The van der Waals surface area contributed by atoms with E-state index >= 15 is 0 Å². The molecule has 6 nitrogen and oxygen atoms in total. The van der Waals surface area contributed by atoms with E-state index in [0.717, 1.165) is 25.7 Å². The fourth-order valence-corrected chi connectivity index (χ4v) is 3.50. The van der Waals surface area contributed by atoms with Crippen molar-refractivity contribution in [3.8, 4) is 0 Å². The number of hydrogen-bond acceptors (Lipinski definition) is 3. The van der Waals surface area contributed by atoms with Crippen LogP contribution >= 0.6 is 0 Å². The first-order valence-electron chi connectivity index (χ1n) is 7.06. The number of carbonyl (C=O) groups excluding carboxylic acids is 1. The van der Waals surface area contributed by atoms with Crippen LogP contribution in [0.25, 0.3) is 0 Å². The van der Waals surface area contributed by atoms with Crippen LogP contribution in [0.5, 0.6) is 0 Å². The van der Waals surface area contributed by atoms with Crippen molar-refractivity contribution in [2.24, 2.45) is 5.92 Å². The summed E-state index contributed by atoms with van der Waals surface area (Å²) in [7, 11) is 0. The van der Waals surface area contributed by atoms with E-state index in [1.165, 1.54) is 0 Å². The topological polar surface area (TPSA) is 89.9 Å². The number of carboxylic acid groups (broad SMARTS) is 1. The van der Waals surface area contributed by atoms with Crippen LogP contribution in [0, 0.1) is 5.92 Å². The molecule has 0 spiro atoms. The molecular formula is C13H20N2O4. The number of nitrogens with one attached hydrogen (secondary N) is 1. The average molecular weight is 268 g/mol. The van der Waals surface area contributed by atoms with Gasteiger partial charge in [0.05, 0.1) is 6.10 Å². The molecule has 1 aliphatic carbocycles. The summed E-state index contributed by atoms with van der Waals surface area (Å²) >= 11 is 0. The lowest BCUT2D eigenvalue weighted by Gasteiger charge is -2.37. The maximum absolute atomic E-state index is 12.3. The lowest BCUT2D eigenvalue weighted by atomic mass is 10.0. The summed E-state index contributed by atoms with van der Waals surface area (Å²) in [5.41, 5.74) is 0. The van der Waals surface area contributed by atoms with Gasteiger partial charge in [0, 0.05) is 12.1 Å². The molecule has 0 aromatic heterocycles. The maximum Gasteiger partial charge on any atom is 0.326 e. The minimum absolute atomic E-state index is 0.0717. The normalized spacial score (nSPS) is 35.0. The summed E-state index contributed by atoms with van der Waals surface area (Å²) in [6.45, 7) is 0. The van der Waals surface area contributed by atoms with Crippen LogP contribution in [0.2, 0.25) is 0 Å². The van der Waals surface area contributed by atoms with Gasteiger partial charge in [-0.1, -0.05) is 0 Å².